The number of benzene rings is 1. The summed E-state index contributed by atoms with van der Waals surface area (Å²) in [4.78, 5) is 0. The molecule has 0 aromatic heterocycles. The quantitative estimate of drug-likeness (QED) is 0.856. The van der Waals surface area contributed by atoms with Gasteiger partial charge in [0.05, 0.1) is 12.2 Å². The van der Waals surface area contributed by atoms with Gasteiger partial charge < -0.3 is 10.5 Å². The molecule has 1 aromatic rings. The molecule has 0 spiro atoms. The van der Waals surface area contributed by atoms with E-state index in [1.165, 1.54) is 0 Å². The first-order valence-electron chi connectivity index (χ1n) is 5.71. The van der Waals surface area contributed by atoms with Crippen molar-refractivity contribution in [3.05, 3.63) is 34.9 Å². The summed E-state index contributed by atoms with van der Waals surface area (Å²) in [5.74, 6) is 0. The molecule has 0 fully saturated rings. The van der Waals surface area contributed by atoms with Gasteiger partial charge in [-0.05, 0) is 38.0 Å². The first kappa shape index (κ1) is 13.5. The van der Waals surface area contributed by atoms with Crippen LogP contribution in [0.2, 0.25) is 5.02 Å². The van der Waals surface area contributed by atoms with E-state index in [2.05, 4.69) is 6.92 Å². The SMILES string of the molecule is CCC(N)C(OC(C)C)c1cccc(Cl)c1. The average Bonchev–Trinajstić information content (AvgIpc) is 2.24. The van der Waals surface area contributed by atoms with E-state index in [-0.39, 0.29) is 18.2 Å². The van der Waals surface area contributed by atoms with E-state index in [9.17, 15) is 0 Å². The smallest absolute Gasteiger partial charge is 0.0979 e. The van der Waals surface area contributed by atoms with Gasteiger partial charge in [0.2, 0.25) is 0 Å². The molecule has 0 aliphatic heterocycles. The van der Waals surface area contributed by atoms with Gasteiger partial charge in [0.25, 0.3) is 0 Å². The molecule has 1 aromatic carbocycles. The third-order valence-electron chi connectivity index (χ3n) is 2.46. The minimum absolute atomic E-state index is 0.000802. The van der Waals surface area contributed by atoms with Crippen molar-refractivity contribution in [1.29, 1.82) is 0 Å². The lowest BCUT2D eigenvalue weighted by molar-refractivity contribution is -0.00897. The van der Waals surface area contributed by atoms with Gasteiger partial charge in [0.1, 0.15) is 0 Å². The highest BCUT2D eigenvalue weighted by atomic mass is 35.5. The van der Waals surface area contributed by atoms with E-state index in [1.807, 2.05) is 38.1 Å². The van der Waals surface area contributed by atoms with Crippen molar-refractivity contribution >= 4 is 11.6 Å². The van der Waals surface area contributed by atoms with E-state index < -0.39 is 0 Å². The summed E-state index contributed by atoms with van der Waals surface area (Å²) in [5.41, 5.74) is 7.13. The first-order chi connectivity index (χ1) is 7.54. The number of nitrogens with two attached hydrogens (primary N) is 1. The largest absolute Gasteiger partial charge is 0.369 e. The summed E-state index contributed by atoms with van der Waals surface area (Å²) in [7, 11) is 0. The van der Waals surface area contributed by atoms with E-state index in [0.29, 0.717) is 0 Å². The third-order valence-corrected chi connectivity index (χ3v) is 2.69. The molecule has 0 saturated carbocycles. The maximum Gasteiger partial charge on any atom is 0.0979 e. The standard InChI is InChI=1S/C13H20ClNO/c1-4-12(15)13(16-9(2)3)10-6-5-7-11(14)8-10/h5-9,12-13H,4,15H2,1-3H3. The van der Waals surface area contributed by atoms with Crippen LogP contribution in [0.15, 0.2) is 24.3 Å². The van der Waals surface area contributed by atoms with Crippen LogP contribution in [0.25, 0.3) is 0 Å². The molecular weight excluding hydrogens is 222 g/mol. The zero-order chi connectivity index (χ0) is 12.1. The van der Waals surface area contributed by atoms with Crippen molar-refractivity contribution in [3.8, 4) is 0 Å². The fourth-order valence-corrected chi connectivity index (χ4v) is 1.82. The van der Waals surface area contributed by atoms with Crippen molar-refractivity contribution < 1.29 is 4.74 Å². The molecule has 16 heavy (non-hydrogen) atoms. The minimum atomic E-state index is -0.0799. The Hall–Kier alpha value is -0.570. The second-order valence-electron chi connectivity index (χ2n) is 4.23. The van der Waals surface area contributed by atoms with Crippen molar-refractivity contribution in [2.45, 2.75) is 45.4 Å². The molecule has 2 N–H and O–H groups in total. The van der Waals surface area contributed by atoms with Crippen LogP contribution < -0.4 is 5.73 Å². The van der Waals surface area contributed by atoms with Gasteiger partial charge >= 0.3 is 0 Å². The summed E-state index contributed by atoms with van der Waals surface area (Å²) in [6.07, 6.45) is 0.953. The molecule has 0 radical (unpaired) electrons. The Morgan fingerprint density at radius 1 is 1.38 bits per heavy atom. The lowest BCUT2D eigenvalue weighted by Gasteiger charge is -2.26. The van der Waals surface area contributed by atoms with Crippen LogP contribution >= 0.6 is 11.6 Å². The van der Waals surface area contributed by atoms with Gasteiger partial charge in [0.15, 0.2) is 0 Å². The number of hydrogen-bond acceptors (Lipinski definition) is 2. The predicted octanol–water partition coefficient (Wildman–Crippen LogP) is 3.54. The van der Waals surface area contributed by atoms with Crippen LogP contribution in [0.5, 0.6) is 0 Å². The Kier molecular flexibility index (Phi) is 5.26. The molecule has 2 atom stereocenters. The second kappa shape index (κ2) is 6.24. The van der Waals surface area contributed by atoms with Crippen LogP contribution in [0.4, 0.5) is 0 Å². The molecule has 2 nitrogen and oxygen atoms in total. The fraction of sp³-hybridized carbons (Fsp3) is 0.538. The van der Waals surface area contributed by atoms with Crippen molar-refractivity contribution in [2.24, 2.45) is 5.73 Å². The monoisotopic (exact) mass is 241 g/mol. The number of halogens is 1. The van der Waals surface area contributed by atoms with Crippen molar-refractivity contribution in [1.82, 2.24) is 0 Å². The van der Waals surface area contributed by atoms with Gasteiger partial charge in [0, 0.05) is 11.1 Å². The summed E-state index contributed by atoms with van der Waals surface area (Å²) in [6, 6.07) is 7.71. The fourth-order valence-electron chi connectivity index (χ4n) is 1.62. The zero-order valence-corrected chi connectivity index (χ0v) is 10.9. The maximum absolute atomic E-state index is 6.08. The number of ether oxygens (including phenoxy) is 1. The molecule has 1 rings (SSSR count). The number of rotatable bonds is 5. The van der Waals surface area contributed by atoms with E-state index >= 15 is 0 Å². The number of hydrogen-bond donors (Lipinski definition) is 1. The predicted molar refractivity (Wildman–Crippen MR) is 68.7 cm³/mol. The highest BCUT2D eigenvalue weighted by Gasteiger charge is 2.20. The van der Waals surface area contributed by atoms with Crippen LogP contribution in [-0.4, -0.2) is 12.1 Å². The molecular formula is C13H20ClNO. The lowest BCUT2D eigenvalue weighted by atomic mass is 10.0. The van der Waals surface area contributed by atoms with Crippen LogP contribution in [0.3, 0.4) is 0 Å². The summed E-state index contributed by atoms with van der Waals surface area (Å²) < 4.78 is 5.86. The maximum atomic E-state index is 6.08. The molecule has 0 bridgehead atoms. The van der Waals surface area contributed by atoms with Crippen LogP contribution in [0.1, 0.15) is 38.9 Å². The molecule has 0 saturated heterocycles. The van der Waals surface area contributed by atoms with Crippen molar-refractivity contribution in [2.75, 3.05) is 0 Å². The zero-order valence-electron chi connectivity index (χ0n) is 10.1. The molecule has 2 unspecified atom stereocenters. The van der Waals surface area contributed by atoms with E-state index in [0.717, 1.165) is 17.0 Å². The van der Waals surface area contributed by atoms with E-state index in [1.54, 1.807) is 0 Å². The van der Waals surface area contributed by atoms with Gasteiger partial charge in [-0.2, -0.15) is 0 Å². The van der Waals surface area contributed by atoms with Gasteiger partial charge in [-0.1, -0.05) is 30.7 Å². The Bertz CT molecular complexity index is 327. The average molecular weight is 242 g/mol. The molecule has 0 amide bonds. The highest BCUT2D eigenvalue weighted by Crippen LogP contribution is 2.25. The van der Waals surface area contributed by atoms with Gasteiger partial charge in [-0.3, -0.25) is 0 Å². The summed E-state index contributed by atoms with van der Waals surface area (Å²) >= 11 is 5.98. The molecule has 3 heteroatoms. The Morgan fingerprint density at radius 2 is 2.06 bits per heavy atom. The normalized spacial score (nSPS) is 15.1. The third kappa shape index (κ3) is 3.78. The summed E-state index contributed by atoms with van der Waals surface area (Å²) in [6.45, 7) is 6.09. The molecule has 0 aliphatic rings. The Balaban J connectivity index is 2.91. The second-order valence-corrected chi connectivity index (χ2v) is 4.67. The van der Waals surface area contributed by atoms with Crippen LogP contribution in [0, 0.1) is 0 Å². The minimum Gasteiger partial charge on any atom is -0.369 e. The highest BCUT2D eigenvalue weighted by molar-refractivity contribution is 6.30. The van der Waals surface area contributed by atoms with Crippen molar-refractivity contribution in [3.63, 3.8) is 0 Å². The topological polar surface area (TPSA) is 35.2 Å². The van der Waals surface area contributed by atoms with Crippen LogP contribution in [-0.2, 0) is 4.74 Å². The first-order valence-corrected chi connectivity index (χ1v) is 6.09. The van der Waals surface area contributed by atoms with Gasteiger partial charge in [-0.15, -0.1) is 0 Å². The van der Waals surface area contributed by atoms with E-state index in [4.69, 9.17) is 22.1 Å². The molecule has 0 heterocycles. The lowest BCUT2D eigenvalue weighted by Crippen LogP contribution is -2.31. The Morgan fingerprint density at radius 3 is 2.56 bits per heavy atom. The van der Waals surface area contributed by atoms with Gasteiger partial charge in [-0.25, -0.2) is 0 Å². The molecule has 90 valence electrons. The molecule has 0 aliphatic carbocycles. The summed E-state index contributed by atoms with van der Waals surface area (Å²) in [5, 5.41) is 0.721. The Labute approximate surface area is 103 Å².